The number of carbonyl (C=O) groups is 4. The molecule has 1 saturated heterocycles. The summed E-state index contributed by atoms with van der Waals surface area (Å²) in [6, 6.07) is 12.5. The van der Waals surface area contributed by atoms with Crippen molar-refractivity contribution < 1.29 is 28.7 Å². The average Bonchev–Trinajstić information content (AvgIpc) is 2.81. The quantitative estimate of drug-likeness (QED) is 0.553. The number of ether oxygens (including phenoxy) is 2. The van der Waals surface area contributed by atoms with Crippen LogP contribution in [0.25, 0.3) is 0 Å². The number of hydrogen-bond donors (Lipinski definition) is 3. The zero-order chi connectivity index (χ0) is 23.4. The third-order valence-corrected chi connectivity index (χ3v) is 6.06. The van der Waals surface area contributed by atoms with Gasteiger partial charge in [-0.05, 0) is 54.8 Å². The molecule has 1 aliphatic carbocycles. The summed E-state index contributed by atoms with van der Waals surface area (Å²) in [5.41, 5.74) is 4.73. The topological polar surface area (TPSA) is 137 Å². The van der Waals surface area contributed by atoms with Gasteiger partial charge in [0.05, 0.1) is 0 Å². The van der Waals surface area contributed by atoms with Crippen LogP contribution in [0.4, 0.5) is 4.79 Å². The van der Waals surface area contributed by atoms with Gasteiger partial charge in [-0.1, -0.05) is 31.4 Å². The number of primary amides is 1. The van der Waals surface area contributed by atoms with Crippen molar-refractivity contribution >= 4 is 23.8 Å². The number of nitrogens with one attached hydrogen (secondary N) is 2. The zero-order valence-corrected chi connectivity index (χ0v) is 18.0. The van der Waals surface area contributed by atoms with Crippen molar-refractivity contribution in [2.75, 3.05) is 0 Å². The first-order chi connectivity index (χ1) is 15.9. The van der Waals surface area contributed by atoms with Crippen molar-refractivity contribution in [3.8, 4) is 11.5 Å². The predicted octanol–water partition coefficient (Wildman–Crippen LogP) is 2.43. The highest BCUT2D eigenvalue weighted by atomic mass is 16.5. The van der Waals surface area contributed by atoms with Crippen LogP contribution in [-0.2, 0) is 16.2 Å². The van der Waals surface area contributed by atoms with Crippen molar-refractivity contribution in [2.45, 2.75) is 44.3 Å². The fourth-order valence-corrected chi connectivity index (χ4v) is 4.30. The average molecular weight is 451 g/mol. The molecule has 1 heterocycles. The lowest BCUT2D eigenvalue weighted by molar-refractivity contribution is -0.158. The number of imide groups is 2. The van der Waals surface area contributed by atoms with Gasteiger partial charge in [0, 0.05) is 11.5 Å². The van der Waals surface area contributed by atoms with Crippen molar-refractivity contribution in [2.24, 2.45) is 11.7 Å². The highest BCUT2D eigenvalue weighted by molar-refractivity contribution is 6.22. The van der Waals surface area contributed by atoms with Crippen LogP contribution in [-0.4, -0.2) is 29.4 Å². The SMILES string of the molecule is NC(=O)c1ccc(COc2ccc(OC3(C4CCCCC4)C(=O)NC(=O)NC3=O)cc2)cc1. The lowest BCUT2D eigenvalue weighted by Gasteiger charge is -2.41. The fraction of sp³-hybridized carbons (Fsp3) is 0.333. The van der Waals surface area contributed by atoms with Crippen molar-refractivity contribution in [3.63, 3.8) is 0 Å². The van der Waals surface area contributed by atoms with Gasteiger partial charge < -0.3 is 15.2 Å². The molecule has 0 aromatic heterocycles. The molecule has 172 valence electrons. The molecule has 0 radical (unpaired) electrons. The standard InChI is InChI=1S/C24H25N3O6/c25-20(28)16-8-6-15(7-9-16)14-32-18-10-12-19(13-11-18)33-24(17-4-2-1-3-5-17)21(29)26-23(31)27-22(24)30/h6-13,17H,1-5,14H2,(H2,25,28)(H2,26,27,29,30,31). The number of nitrogens with two attached hydrogens (primary N) is 1. The molecule has 2 aromatic rings. The highest BCUT2D eigenvalue weighted by Crippen LogP contribution is 2.38. The number of urea groups is 1. The van der Waals surface area contributed by atoms with Crippen LogP contribution in [0.15, 0.2) is 48.5 Å². The lowest BCUT2D eigenvalue weighted by Crippen LogP contribution is -2.72. The van der Waals surface area contributed by atoms with E-state index < -0.39 is 29.4 Å². The van der Waals surface area contributed by atoms with Gasteiger partial charge in [-0.2, -0.15) is 0 Å². The smallest absolute Gasteiger partial charge is 0.328 e. The molecule has 0 bridgehead atoms. The Morgan fingerprint density at radius 2 is 1.45 bits per heavy atom. The van der Waals surface area contributed by atoms with E-state index in [9.17, 15) is 19.2 Å². The highest BCUT2D eigenvalue weighted by Gasteiger charge is 2.58. The summed E-state index contributed by atoms with van der Waals surface area (Å²) in [5, 5.41) is 4.38. The molecule has 0 spiro atoms. The Hall–Kier alpha value is -3.88. The molecule has 0 unspecified atom stereocenters. The van der Waals surface area contributed by atoms with Crippen LogP contribution >= 0.6 is 0 Å². The first-order valence-electron chi connectivity index (χ1n) is 10.9. The Balaban J connectivity index is 1.47. The first-order valence-corrected chi connectivity index (χ1v) is 10.9. The van der Waals surface area contributed by atoms with E-state index in [0.717, 1.165) is 24.8 Å². The number of barbiturate groups is 1. The van der Waals surface area contributed by atoms with Gasteiger partial charge in [-0.15, -0.1) is 0 Å². The molecule has 1 saturated carbocycles. The Labute approximate surface area is 190 Å². The Morgan fingerprint density at radius 1 is 0.879 bits per heavy atom. The van der Waals surface area contributed by atoms with Gasteiger partial charge >= 0.3 is 6.03 Å². The van der Waals surface area contributed by atoms with Crippen molar-refractivity contribution in [1.29, 1.82) is 0 Å². The van der Waals surface area contributed by atoms with Gasteiger partial charge in [0.2, 0.25) is 5.91 Å². The van der Waals surface area contributed by atoms with Gasteiger partial charge in [0.25, 0.3) is 17.4 Å². The summed E-state index contributed by atoms with van der Waals surface area (Å²) < 4.78 is 11.8. The van der Waals surface area contributed by atoms with Crippen LogP contribution in [0.5, 0.6) is 11.5 Å². The third-order valence-electron chi connectivity index (χ3n) is 6.06. The van der Waals surface area contributed by atoms with Crippen LogP contribution in [0.3, 0.4) is 0 Å². The van der Waals surface area contributed by atoms with E-state index in [0.29, 0.717) is 29.9 Å². The molecule has 4 rings (SSSR count). The Morgan fingerprint density at radius 3 is 2.03 bits per heavy atom. The van der Waals surface area contributed by atoms with Crippen LogP contribution in [0.1, 0.15) is 48.0 Å². The van der Waals surface area contributed by atoms with E-state index >= 15 is 0 Å². The molecule has 9 heteroatoms. The summed E-state index contributed by atoms with van der Waals surface area (Å²) in [6.45, 7) is 0.276. The second-order valence-electron chi connectivity index (χ2n) is 8.23. The second kappa shape index (κ2) is 9.32. The first kappa shape index (κ1) is 22.3. The van der Waals surface area contributed by atoms with E-state index in [1.807, 2.05) is 0 Å². The Kier molecular flexibility index (Phi) is 6.30. The lowest BCUT2D eigenvalue weighted by atomic mass is 9.75. The number of carbonyl (C=O) groups excluding carboxylic acids is 4. The molecule has 5 amide bonds. The zero-order valence-electron chi connectivity index (χ0n) is 18.0. The molecule has 4 N–H and O–H groups in total. The number of benzene rings is 2. The van der Waals surface area contributed by atoms with Gasteiger partial charge in [0.1, 0.15) is 18.1 Å². The van der Waals surface area contributed by atoms with E-state index in [1.165, 1.54) is 0 Å². The van der Waals surface area contributed by atoms with E-state index in [4.69, 9.17) is 15.2 Å². The van der Waals surface area contributed by atoms with Crippen molar-refractivity contribution in [1.82, 2.24) is 10.6 Å². The predicted molar refractivity (Wildman–Crippen MR) is 117 cm³/mol. The largest absolute Gasteiger partial charge is 0.489 e. The minimum Gasteiger partial charge on any atom is -0.489 e. The molecule has 2 aromatic carbocycles. The summed E-state index contributed by atoms with van der Waals surface area (Å²) in [6.07, 6.45) is 4.12. The van der Waals surface area contributed by atoms with Gasteiger partial charge in [-0.3, -0.25) is 25.0 Å². The van der Waals surface area contributed by atoms with Gasteiger partial charge in [-0.25, -0.2) is 4.79 Å². The minimum atomic E-state index is -1.79. The Bertz CT molecular complexity index is 1040. The van der Waals surface area contributed by atoms with Gasteiger partial charge in [0.15, 0.2) is 0 Å². The summed E-state index contributed by atoms with van der Waals surface area (Å²) in [7, 11) is 0. The van der Waals surface area contributed by atoms with E-state index in [-0.39, 0.29) is 12.5 Å². The van der Waals surface area contributed by atoms with Crippen LogP contribution < -0.4 is 25.8 Å². The molecular formula is C24H25N3O6. The summed E-state index contributed by atoms with van der Waals surface area (Å²) in [5.74, 6) is -1.42. The normalized spacial score (nSPS) is 18.2. The molecule has 1 aliphatic heterocycles. The monoisotopic (exact) mass is 451 g/mol. The van der Waals surface area contributed by atoms with E-state index in [1.54, 1.807) is 48.5 Å². The summed E-state index contributed by atoms with van der Waals surface area (Å²) in [4.78, 5) is 48.5. The molecule has 9 nitrogen and oxygen atoms in total. The van der Waals surface area contributed by atoms with E-state index in [2.05, 4.69) is 10.6 Å². The third kappa shape index (κ3) is 4.67. The number of amides is 5. The number of rotatable bonds is 7. The summed E-state index contributed by atoms with van der Waals surface area (Å²) >= 11 is 0. The van der Waals surface area contributed by atoms with Crippen LogP contribution in [0.2, 0.25) is 0 Å². The van der Waals surface area contributed by atoms with Crippen molar-refractivity contribution in [3.05, 3.63) is 59.7 Å². The number of hydrogen-bond acceptors (Lipinski definition) is 6. The maximum absolute atomic E-state index is 12.9. The molecular weight excluding hydrogens is 426 g/mol. The van der Waals surface area contributed by atoms with Crippen LogP contribution in [0, 0.1) is 5.92 Å². The minimum absolute atomic E-state index is 0.276. The molecule has 2 fully saturated rings. The molecule has 0 atom stereocenters. The maximum Gasteiger partial charge on any atom is 0.328 e. The fourth-order valence-electron chi connectivity index (χ4n) is 4.30. The second-order valence-corrected chi connectivity index (χ2v) is 8.23. The maximum atomic E-state index is 12.9. The molecule has 2 aliphatic rings. The molecule has 33 heavy (non-hydrogen) atoms.